The van der Waals surface area contributed by atoms with E-state index in [0.29, 0.717) is 6.54 Å². The Hall–Kier alpha value is -2.33. The van der Waals surface area contributed by atoms with Crippen LogP contribution in [0.5, 0.6) is 0 Å². The van der Waals surface area contributed by atoms with Crippen LogP contribution in [-0.2, 0) is 19.5 Å². The number of anilines is 1. The van der Waals surface area contributed by atoms with E-state index in [1.807, 2.05) is 18.2 Å². The number of carbonyl (C=O) groups is 1. The molecule has 0 aliphatic carbocycles. The molecular weight excluding hydrogens is 322 g/mol. The zero-order valence-electron chi connectivity index (χ0n) is 15.6. The molecule has 26 heavy (non-hydrogen) atoms. The lowest BCUT2D eigenvalue weighted by molar-refractivity contribution is 0.251. The van der Waals surface area contributed by atoms with E-state index in [0.717, 1.165) is 25.1 Å². The molecule has 0 atom stereocenters. The fourth-order valence-electron chi connectivity index (χ4n) is 3.46. The zero-order valence-corrected chi connectivity index (χ0v) is 15.6. The molecule has 4 nitrogen and oxygen atoms in total. The van der Waals surface area contributed by atoms with Gasteiger partial charge in [0.15, 0.2) is 0 Å². The second kappa shape index (κ2) is 9.39. The van der Waals surface area contributed by atoms with Gasteiger partial charge in [0.25, 0.3) is 0 Å². The van der Waals surface area contributed by atoms with E-state index in [4.69, 9.17) is 0 Å². The van der Waals surface area contributed by atoms with Crippen molar-refractivity contribution in [1.29, 1.82) is 0 Å². The zero-order chi connectivity index (χ0) is 18.2. The summed E-state index contributed by atoms with van der Waals surface area (Å²) in [6.07, 6.45) is 4.78. The number of likely N-dealkylation sites (tertiary alicyclic amines) is 1. The summed E-state index contributed by atoms with van der Waals surface area (Å²) in [4.78, 5) is 14.7. The van der Waals surface area contributed by atoms with Gasteiger partial charge in [-0.3, -0.25) is 4.90 Å². The van der Waals surface area contributed by atoms with Gasteiger partial charge < -0.3 is 10.6 Å². The summed E-state index contributed by atoms with van der Waals surface area (Å²) in [6, 6.07) is 16.3. The van der Waals surface area contributed by atoms with Gasteiger partial charge in [-0.1, -0.05) is 49.7 Å². The average molecular weight is 351 g/mol. The first-order valence-corrected chi connectivity index (χ1v) is 9.67. The lowest BCUT2D eigenvalue weighted by Gasteiger charge is -2.18. The van der Waals surface area contributed by atoms with Crippen LogP contribution in [0.2, 0.25) is 0 Å². The standard InChI is InChI=1S/C22H29N3O/c1-2-7-18-10-12-21(13-11-18)24-22(26)23-16-19-8-3-4-9-20(19)17-25-14-5-6-15-25/h3-4,8-13H,2,5-7,14-17H2,1H3,(H2,23,24,26). The molecule has 0 aromatic heterocycles. The molecule has 2 aromatic rings. The predicted octanol–water partition coefficient (Wildman–Crippen LogP) is 4.56. The number of nitrogens with zero attached hydrogens (tertiary/aromatic N) is 1. The van der Waals surface area contributed by atoms with Gasteiger partial charge in [0, 0.05) is 18.8 Å². The normalized spacial score (nSPS) is 14.3. The summed E-state index contributed by atoms with van der Waals surface area (Å²) >= 11 is 0. The summed E-state index contributed by atoms with van der Waals surface area (Å²) in [5.74, 6) is 0. The first kappa shape index (κ1) is 18.5. The molecule has 1 aliphatic rings. The van der Waals surface area contributed by atoms with Crippen LogP contribution in [0.1, 0.15) is 42.9 Å². The van der Waals surface area contributed by atoms with Crippen LogP contribution in [0, 0.1) is 0 Å². The Morgan fingerprint density at radius 2 is 1.69 bits per heavy atom. The molecule has 1 saturated heterocycles. The van der Waals surface area contributed by atoms with E-state index in [1.165, 1.54) is 42.6 Å². The van der Waals surface area contributed by atoms with Gasteiger partial charge >= 0.3 is 6.03 Å². The summed E-state index contributed by atoms with van der Waals surface area (Å²) in [7, 11) is 0. The molecule has 1 heterocycles. The Morgan fingerprint density at radius 3 is 2.38 bits per heavy atom. The molecule has 1 aliphatic heterocycles. The van der Waals surface area contributed by atoms with E-state index in [1.54, 1.807) is 0 Å². The van der Waals surface area contributed by atoms with Crippen molar-refractivity contribution in [2.75, 3.05) is 18.4 Å². The Balaban J connectivity index is 1.52. The Kier molecular flexibility index (Phi) is 6.67. The van der Waals surface area contributed by atoms with Gasteiger partial charge in [-0.2, -0.15) is 0 Å². The topological polar surface area (TPSA) is 44.4 Å². The first-order chi connectivity index (χ1) is 12.7. The van der Waals surface area contributed by atoms with E-state index in [2.05, 4.69) is 52.8 Å². The minimum Gasteiger partial charge on any atom is -0.334 e. The highest BCUT2D eigenvalue weighted by Gasteiger charge is 2.13. The van der Waals surface area contributed by atoms with Crippen LogP contribution < -0.4 is 10.6 Å². The number of urea groups is 1. The second-order valence-electron chi connectivity index (χ2n) is 7.01. The number of rotatable bonds is 7. The van der Waals surface area contributed by atoms with Crippen molar-refractivity contribution in [3.63, 3.8) is 0 Å². The summed E-state index contributed by atoms with van der Waals surface area (Å²) < 4.78 is 0. The Labute approximate surface area is 156 Å². The Bertz CT molecular complexity index is 706. The van der Waals surface area contributed by atoms with Crippen molar-refractivity contribution in [2.24, 2.45) is 0 Å². The minimum absolute atomic E-state index is 0.163. The van der Waals surface area contributed by atoms with E-state index >= 15 is 0 Å². The molecule has 1 fully saturated rings. The predicted molar refractivity (Wildman–Crippen MR) is 107 cm³/mol. The smallest absolute Gasteiger partial charge is 0.319 e. The molecule has 0 spiro atoms. The number of amides is 2. The van der Waals surface area contributed by atoms with Gasteiger partial charge in [0.05, 0.1) is 0 Å². The van der Waals surface area contributed by atoms with E-state index in [9.17, 15) is 4.79 Å². The second-order valence-corrected chi connectivity index (χ2v) is 7.01. The molecule has 4 heteroatoms. The highest BCUT2D eigenvalue weighted by molar-refractivity contribution is 5.89. The van der Waals surface area contributed by atoms with Crippen LogP contribution in [0.4, 0.5) is 10.5 Å². The summed E-state index contributed by atoms with van der Waals surface area (Å²) in [5.41, 5.74) is 4.62. The maximum absolute atomic E-state index is 12.2. The van der Waals surface area contributed by atoms with Crippen molar-refractivity contribution in [3.05, 3.63) is 65.2 Å². The molecule has 2 amide bonds. The largest absolute Gasteiger partial charge is 0.334 e. The third-order valence-electron chi connectivity index (χ3n) is 4.90. The van der Waals surface area contributed by atoms with Gasteiger partial charge in [0.1, 0.15) is 0 Å². The molecule has 0 radical (unpaired) electrons. The van der Waals surface area contributed by atoms with Crippen molar-refractivity contribution < 1.29 is 4.79 Å². The number of hydrogen-bond acceptors (Lipinski definition) is 2. The fourth-order valence-corrected chi connectivity index (χ4v) is 3.46. The van der Waals surface area contributed by atoms with Gasteiger partial charge in [-0.15, -0.1) is 0 Å². The first-order valence-electron chi connectivity index (χ1n) is 9.67. The number of hydrogen-bond donors (Lipinski definition) is 2. The maximum Gasteiger partial charge on any atom is 0.319 e. The number of carbonyl (C=O) groups excluding carboxylic acids is 1. The number of benzene rings is 2. The molecule has 0 bridgehead atoms. The minimum atomic E-state index is -0.163. The van der Waals surface area contributed by atoms with Gasteiger partial charge in [-0.25, -0.2) is 4.79 Å². The average Bonchev–Trinajstić information content (AvgIpc) is 3.16. The lowest BCUT2D eigenvalue weighted by Crippen LogP contribution is -2.29. The number of nitrogens with one attached hydrogen (secondary N) is 2. The SMILES string of the molecule is CCCc1ccc(NC(=O)NCc2ccccc2CN2CCCC2)cc1. The Morgan fingerprint density at radius 1 is 1.00 bits per heavy atom. The maximum atomic E-state index is 12.2. The molecule has 2 aromatic carbocycles. The van der Waals surface area contributed by atoms with Crippen molar-refractivity contribution >= 4 is 11.7 Å². The van der Waals surface area contributed by atoms with Crippen LogP contribution in [0.3, 0.4) is 0 Å². The molecule has 3 rings (SSSR count). The highest BCUT2D eigenvalue weighted by Crippen LogP contribution is 2.16. The molecular formula is C22H29N3O. The lowest BCUT2D eigenvalue weighted by atomic mass is 10.1. The van der Waals surface area contributed by atoms with Crippen LogP contribution in [-0.4, -0.2) is 24.0 Å². The highest BCUT2D eigenvalue weighted by atomic mass is 16.2. The summed E-state index contributed by atoms with van der Waals surface area (Å²) in [5, 5.41) is 5.90. The molecule has 0 unspecified atom stereocenters. The van der Waals surface area contributed by atoms with Crippen LogP contribution >= 0.6 is 0 Å². The quantitative estimate of drug-likeness (QED) is 0.768. The van der Waals surface area contributed by atoms with Crippen molar-refractivity contribution in [3.8, 4) is 0 Å². The van der Waals surface area contributed by atoms with Crippen LogP contribution in [0.15, 0.2) is 48.5 Å². The van der Waals surface area contributed by atoms with E-state index in [-0.39, 0.29) is 6.03 Å². The van der Waals surface area contributed by atoms with E-state index < -0.39 is 0 Å². The van der Waals surface area contributed by atoms with Crippen LogP contribution in [0.25, 0.3) is 0 Å². The fraction of sp³-hybridized carbons (Fsp3) is 0.409. The molecule has 2 N–H and O–H groups in total. The summed E-state index contributed by atoms with van der Waals surface area (Å²) in [6.45, 7) is 6.04. The molecule has 138 valence electrons. The van der Waals surface area contributed by atoms with Crippen molar-refractivity contribution in [1.82, 2.24) is 10.2 Å². The van der Waals surface area contributed by atoms with Gasteiger partial charge in [0.2, 0.25) is 0 Å². The van der Waals surface area contributed by atoms with Crippen molar-refractivity contribution in [2.45, 2.75) is 45.7 Å². The monoisotopic (exact) mass is 351 g/mol. The molecule has 0 saturated carbocycles. The third kappa shape index (κ3) is 5.33. The number of aryl methyl sites for hydroxylation is 1. The van der Waals surface area contributed by atoms with Gasteiger partial charge in [-0.05, 0) is 61.2 Å². The third-order valence-corrected chi connectivity index (χ3v) is 4.90.